The number of amides is 2. The summed E-state index contributed by atoms with van der Waals surface area (Å²) in [6.07, 6.45) is 0.675. The number of aliphatic carboxylic acids is 1. The Bertz CT molecular complexity index is 664. The highest BCUT2D eigenvalue weighted by Crippen LogP contribution is 2.23. The molecule has 0 saturated heterocycles. The molecule has 0 radical (unpaired) electrons. The van der Waals surface area contributed by atoms with Crippen LogP contribution in [0.25, 0.3) is 0 Å². The molecule has 0 heterocycles. The van der Waals surface area contributed by atoms with Crippen LogP contribution in [0.4, 0.5) is 4.79 Å². The molecule has 5 nitrogen and oxygen atoms in total. The van der Waals surface area contributed by atoms with E-state index in [1.807, 2.05) is 74.5 Å². The number of nitrogens with one attached hydrogen (secondary N) is 2. The van der Waals surface area contributed by atoms with Gasteiger partial charge in [0.15, 0.2) is 0 Å². The number of hydrogen-bond donors (Lipinski definition) is 3. The first kappa shape index (κ1) is 19.5. The van der Waals surface area contributed by atoms with Crippen molar-refractivity contribution in [3.8, 4) is 0 Å². The van der Waals surface area contributed by atoms with Crippen LogP contribution >= 0.6 is 0 Å². The molecule has 0 saturated carbocycles. The minimum Gasteiger partial charge on any atom is -0.480 e. The zero-order valence-corrected chi connectivity index (χ0v) is 15.2. The third kappa shape index (κ3) is 5.34. The van der Waals surface area contributed by atoms with Gasteiger partial charge in [0.25, 0.3) is 0 Å². The van der Waals surface area contributed by atoms with Gasteiger partial charge in [-0.05, 0) is 17.0 Å². The Kier molecular flexibility index (Phi) is 7.21. The second-order valence-corrected chi connectivity index (χ2v) is 6.43. The zero-order valence-electron chi connectivity index (χ0n) is 15.2. The van der Waals surface area contributed by atoms with E-state index in [4.69, 9.17) is 0 Å². The number of carbonyl (C=O) groups is 2. The highest BCUT2D eigenvalue weighted by Gasteiger charge is 2.25. The Labute approximate surface area is 154 Å². The SMILES string of the molecule is CC[C@H](C)[C@H](NC(=O)NCC(c1ccccc1)c1ccccc1)C(=O)O. The van der Waals surface area contributed by atoms with Crippen molar-refractivity contribution in [3.63, 3.8) is 0 Å². The summed E-state index contributed by atoms with van der Waals surface area (Å²) in [4.78, 5) is 23.6. The fourth-order valence-corrected chi connectivity index (χ4v) is 2.87. The van der Waals surface area contributed by atoms with Gasteiger partial charge in [-0.3, -0.25) is 0 Å². The van der Waals surface area contributed by atoms with E-state index >= 15 is 0 Å². The van der Waals surface area contributed by atoms with Gasteiger partial charge in [0.2, 0.25) is 0 Å². The van der Waals surface area contributed by atoms with Crippen LogP contribution in [0.2, 0.25) is 0 Å². The van der Waals surface area contributed by atoms with Gasteiger partial charge < -0.3 is 15.7 Å². The summed E-state index contributed by atoms with van der Waals surface area (Å²) in [6, 6.07) is 18.5. The quantitative estimate of drug-likeness (QED) is 0.677. The van der Waals surface area contributed by atoms with E-state index in [9.17, 15) is 14.7 Å². The van der Waals surface area contributed by atoms with Crippen molar-refractivity contribution < 1.29 is 14.7 Å². The number of carboxylic acids is 1. The minimum atomic E-state index is -1.02. The number of hydrogen-bond acceptors (Lipinski definition) is 2. The first-order chi connectivity index (χ1) is 12.5. The fraction of sp³-hybridized carbons (Fsp3) is 0.333. The summed E-state index contributed by atoms with van der Waals surface area (Å²) in [7, 11) is 0. The smallest absolute Gasteiger partial charge is 0.326 e. The molecule has 2 aromatic rings. The molecule has 0 aromatic heterocycles. The molecule has 0 fully saturated rings. The molecule has 3 N–H and O–H groups in total. The van der Waals surface area contributed by atoms with Crippen LogP contribution in [0.1, 0.15) is 37.3 Å². The van der Waals surface area contributed by atoms with Gasteiger partial charge in [-0.25, -0.2) is 9.59 Å². The molecule has 0 aliphatic carbocycles. The van der Waals surface area contributed by atoms with Crippen molar-refractivity contribution >= 4 is 12.0 Å². The standard InChI is InChI=1S/C21H26N2O3/c1-3-15(2)19(20(24)25)23-21(26)22-14-18(16-10-6-4-7-11-16)17-12-8-5-9-13-17/h4-13,15,18-19H,3,14H2,1-2H3,(H,24,25)(H2,22,23,26)/t15-,19-/m0/s1. The lowest BCUT2D eigenvalue weighted by Gasteiger charge is -2.22. The van der Waals surface area contributed by atoms with E-state index in [-0.39, 0.29) is 11.8 Å². The van der Waals surface area contributed by atoms with Crippen LogP contribution in [0.5, 0.6) is 0 Å². The molecular formula is C21H26N2O3. The number of carbonyl (C=O) groups excluding carboxylic acids is 1. The van der Waals surface area contributed by atoms with E-state index < -0.39 is 18.0 Å². The molecule has 2 rings (SSSR count). The molecular weight excluding hydrogens is 328 g/mol. The van der Waals surface area contributed by atoms with Gasteiger partial charge in [0, 0.05) is 12.5 Å². The molecule has 0 spiro atoms. The lowest BCUT2D eigenvalue weighted by molar-refractivity contribution is -0.140. The van der Waals surface area contributed by atoms with E-state index in [1.54, 1.807) is 0 Å². The van der Waals surface area contributed by atoms with Crippen molar-refractivity contribution in [2.24, 2.45) is 5.92 Å². The number of carboxylic acid groups (broad SMARTS) is 1. The molecule has 2 atom stereocenters. The highest BCUT2D eigenvalue weighted by molar-refractivity contribution is 5.82. The molecule has 2 amide bonds. The summed E-state index contributed by atoms with van der Waals surface area (Å²) in [5.74, 6) is -1.16. The maximum Gasteiger partial charge on any atom is 0.326 e. The average molecular weight is 354 g/mol. The molecule has 0 aliphatic rings. The minimum absolute atomic E-state index is 0.00460. The second kappa shape index (κ2) is 9.61. The molecule has 2 aromatic carbocycles. The van der Waals surface area contributed by atoms with E-state index in [1.165, 1.54) is 0 Å². The lowest BCUT2D eigenvalue weighted by Crippen LogP contribution is -2.49. The van der Waals surface area contributed by atoms with Crippen LogP contribution in [0, 0.1) is 5.92 Å². The summed E-state index contributed by atoms with van der Waals surface area (Å²) in [6.45, 7) is 4.10. The highest BCUT2D eigenvalue weighted by atomic mass is 16.4. The molecule has 26 heavy (non-hydrogen) atoms. The zero-order chi connectivity index (χ0) is 18.9. The van der Waals surface area contributed by atoms with E-state index in [0.717, 1.165) is 11.1 Å². The van der Waals surface area contributed by atoms with Crippen LogP contribution in [0.15, 0.2) is 60.7 Å². The Morgan fingerprint density at radius 1 is 0.962 bits per heavy atom. The van der Waals surface area contributed by atoms with Crippen molar-refractivity contribution in [2.45, 2.75) is 32.2 Å². The monoisotopic (exact) mass is 354 g/mol. The summed E-state index contributed by atoms with van der Waals surface area (Å²) in [5, 5.41) is 14.7. The third-order valence-corrected chi connectivity index (χ3v) is 4.64. The largest absolute Gasteiger partial charge is 0.480 e. The summed E-state index contributed by atoms with van der Waals surface area (Å²) >= 11 is 0. The predicted octanol–water partition coefficient (Wildman–Crippen LogP) is 3.62. The van der Waals surface area contributed by atoms with Crippen LogP contribution in [-0.4, -0.2) is 29.7 Å². The van der Waals surface area contributed by atoms with Crippen LogP contribution in [-0.2, 0) is 4.79 Å². The molecule has 0 aliphatic heterocycles. The Morgan fingerprint density at radius 3 is 1.88 bits per heavy atom. The Morgan fingerprint density at radius 2 is 1.46 bits per heavy atom. The fourth-order valence-electron chi connectivity index (χ4n) is 2.87. The molecule has 0 unspecified atom stereocenters. The topological polar surface area (TPSA) is 78.4 Å². The maximum absolute atomic E-state index is 12.3. The van der Waals surface area contributed by atoms with E-state index in [2.05, 4.69) is 10.6 Å². The molecule has 138 valence electrons. The van der Waals surface area contributed by atoms with Crippen molar-refractivity contribution in [2.75, 3.05) is 6.54 Å². The Hall–Kier alpha value is -2.82. The van der Waals surface area contributed by atoms with Crippen molar-refractivity contribution in [1.82, 2.24) is 10.6 Å². The summed E-state index contributed by atoms with van der Waals surface area (Å²) in [5.41, 5.74) is 2.19. The van der Waals surface area contributed by atoms with Gasteiger partial charge in [-0.15, -0.1) is 0 Å². The number of benzene rings is 2. The predicted molar refractivity (Wildman–Crippen MR) is 102 cm³/mol. The summed E-state index contributed by atoms with van der Waals surface area (Å²) < 4.78 is 0. The third-order valence-electron chi connectivity index (χ3n) is 4.64. The van der Waals surface area contributed by atoms with E-state index in [0.29, 0.717) is 13.0 Å². The average Bonchev–Trinajstić information content (AvgIpc) is 2.67. The Balaban J connectivity index is 2.07. The number of urea groups is 1. The molecule has 5 heteroatoms. The first-order valence-corrected chi connectivity index (χ1v) is 8.90. The maximum atomic E-state index is 12.3. The van der Waals surface area contributed by atoms with Gasteiger partial charge in [0.1, 0.15) is 6.04 Å². The first-order valence-electron chi connectivity index (χ1n) is 8.90. The van der Waals surface area contributed by atoms with Gasteiger partial charge in [-0.2, -0.15) is 0 Å². The van der Waals surface area contributed by atoms with Crippen LogP contribution in [0.3, 0.4) is 0 Å². The number of rotatable bonds is 8. The normalized spacial score (nSPS) is 13.0. The molecule has 0 bridgehead atoms. The van der Waals surface area contributed by atoms with Crippen molar-refractivity contribution in [1.29, 1.82) is 0 Å². The van der Waals surface area contributed by atoms with Crippen molar-refractivity contribution in [3.05, 3.63) is 71.8 Å². The lowest BCUT2D eigenvalue weighted by atomic mass is 9.91. The van der Waals surface area contributed by atoms with Crippen LogP contribution < -0.4 is 10.6 Å². The second-order valence-electron chi connectivity index (χ2n) is 6.43. The van der Waals surface area contributed by atoms with Gasteiger partial charge >= 0.3 is 12.0 Å². The van der Waals surface area contributed by atoms with Gasteiger partial charge in [-0.1, -0.05) is 80.9 Å². The van der Waals surface area contributed by atoms with Gasteiger partial charge in [0.05, 0.1) is 0 Å².